The molecule has 0 bridgehead atoms. The molecule has 4 N–H and O–H groups in total. The van der Waals surface area contributed by atoms with Crippen LogP contribution in [0.15, 0.2) is 11.8 Å². The summed E-state index contributed by atoms with van der Waals surface area (Å²) in [6.07, 6.45) is 6.66. The third kappa shape index (κ3) is 6.06. The highest BCUT2D eigenvalue weighted by molar-refractivity contribution is 5.80. The number of aliphatic hydroxyl groups is 1. The molecule has 1 fully saturated rings. The minimum absolute atomic E-state index is 0.0844. The first-order chi connectivity index (χ1) is 9.97. The first-order valence-corrected chi connectivity index (χ1v) is 8.03. The van der Waals surface area contributed by atoms with Gasteiger partial charge in [-0.15, -0.1) is 0 Å². The lowest BCUT2D eigenvalue weighted by Crippen LogP contribution is -2.45. The number of nitrogens with one attached hydrogen (secondary N) is 1. The summed E-state index contributed by atoms with van der Waals surface area (Å²) in [6.45, 7) is 6.01. The fourth-order valence-corrected chi connectivity index (χ4v) is 2.84. The number of hydrogen-bond donors (Lipinski definition) is 3. The number of nitrogens with two attached hydrogens (primary N) is 1. The minimum Gasteiger partial charge on any atom is -0.416 e. The Labute approximate surface area is 127 Å². The molecule has 0 aromatic heterocycles. The van der Waals surface area contributed by atoms with E-state index in [9.17, 15) is 9.90 Å². The van der Waals surface area contributed by atoms with E-state index < -0.39 is 6.10 Å². The number of carbonyl (C=O) groups is 1. The van der Waals surface area contributed by atoms with Crippen LogP contribution in [0.25, 0.3) is 0 Å². The van der Waals surface area contributed by atoms with Gasteiger partial charge in [0, 0.05) is 6.42 Å². The van der Waals surface area contributed by atoms with E-state index in [1.54, 1.807) is 6.08 Å². The molecule has 0 heterocycles. The van der Waals surface area contributed by atoms with Crippen molar-refractivity contribution in [2.75, 3.05) is 0 Å². The normalized spacial score (nSPS) is 28.6. The first kappa shape index (κ1) is 18.0. The molecule has 4 atom stereocenters. The Bertz CT molecular complexity index is 357. The van der Waals surface area contributed by atoms with E-state index in [1.165, 1.54) is 0 Å². The van der Waals surface area contributed by atoms with Gasteiger partial charge < -0.3 is 15.3 Å². The highest BCUT2D eigenvalue weighted by Crippen LogP contribution is 2.23. The Morgan fingerprint density at radius 2 is 2.24 bits per heavy atom. The highest BCUT2D eigenvalue weighted by atomic mass is 16.6. The molecule has 1 amide bonds. The van der Waals surface area contributed by atoms with Crippen molar-refractivity contribution in [3.8, 4) is 0 Å². The van der Waals surface area contributed by atoms with Crippen molar-refractivity contribution >= 4 is 5.91 Å². The lowest BCUT2D eigenvalue weighted by Gasteiger charge is -2.24. The van der Waals surface area contributed by atoms with Crippen LogP contribution in [-0.2, 0) is 9.63 Å². The molecule has 1 rings (SSSR count). The van der Waals surface area contributed by atoms with Crippen LogP contribution in [0, 0.1) is 11.8 Å². The number of aliphatic hydroxyl groups excluding tert-OH is 1. The standard InChI is InChI=1S/C16H30N2O3/c1-4-6-13(21-17)10-12(3)16(20)18-14-9-11(2)7-5-8-15(14)19/h10-12,14-15,19H,4-9,17H2,1-3H3,(H,18,20)/b13-10-/t11?,12-,14-,15?/m0/s1. The van der Waals surface area contributed by atoms with Gasteiger partial charge in [-0.05, 0) is 38.2 Å². The molecule has 0 spiro atoms. The van der Waals surface area contributed by atoms with Crippen LogP contribution >= 0.6 is 0 Å². The molecule has 0 aliphatic heterocycles. The number of rotatable bonds is 6. The van der Waals surface area contributed by atoms with E-state index in [0.717, 1.165) is 38.5 Å². The molecule has 0 aromatic rings. The third-order valence-electron chi connectivity index (χ3n) is 4.14. The van der Waals surface area contributed by atoms with Gasteiger partial charge in [-0.2, -0.15) is 5.90 Å². The van der Waals surface area contributed by atoms with Gasteiger partial charge in [-0.1, -0.05) is 26.7 Å². The van der Waals surface area contributed by atoms with Crippen molar-refractivity contribution in [1.29, 1.82) is 0 Å². The lowest BCUT2D eigenvalue weighted by molar-refractivity contribution is -0.125. The molecule has 0 radical (unpaired) electrons. The average molecular weight is 298 g/mol. The molecule has 1 aliphatic rings. The SMILES string of the molecule is CCC/C(=C/[C@H](C)C(=O)N[C@H]1CC(C)CCCC1O)ON. The molecule has 5 nitrogen and oxygen atoms in total. The molecule has 0 aromatic carbocycles. The molecule has 1 saturated carbocycles. The van der Waals surface area contributed by atoms with Crippen molar-refractivity contribution in [1.82, 2.24) is 5.32 Å². The van der Waals surface area contributed by atoms with Crippen LogP contribution in [0.5, 0.6) is 0 Å². The second kappa shape index (κ2) is 9.05. The number of hydrogen-bond acceptors (Lipinski definition) is 4. The van der Waals surface area contributed by atoms with Gasteiger partial charge >= 0.3 is 0 Å². The molecular formula is C16H30N2O3. The highest BCUT2D eigenvalue weighted by Gasteiger charge is 2.27. The molecule has 21 heavy (non-hydrogen) atoms. The first-order valence-electron chi connectivity index (χ1n) is 8.03. The maximum absolute atomic E-state index is 12.3. The smallest absolute Gasteiger partial charge is 0.227 e. The summed E-state index contributed by atoms with van der Waals surface area (Å²) in [6, 6.07) is -0.153. The van der Waals surface area contributed by atoms with Crippen molar-refractivity contribution in [3.63, 3.8) is 0 Å². The quantitative estimate of drug-likeness (QED) is 0.399. The summed E-state index contributed by atoms with van der Waals surface area (Å²) in [4.78, 5) is 17.1. The maximum Gasteiger partial charge on any atom is 0.227 e. The van der Waals surface area contributed by atoms with E-state index in [1.807, 2.05) is 13.8 Å². The van der Waals surface area contributed by atoms with Crippen LogP contribution in [0.3, 0.4) is 0 Å². The van der Waals surface area contributed by atoms with Crippen molar-refractivity contribution in [2.45, 2.75) is 71.4 Å². The molecular weight excluding hydrogens is 268 g/mol. The van der Waals surface area contributed by atoms with Gasteiger partial charge in [0.25, 0.3) is 0 Å². The number of allylic oxidation sites excluding steroid dienone is 1. The topological polar surface area (TPSA) is 84.6 Å². The maximum atomic E-state index is 12.3. The van der Waals surface area contributed by atoms with Crippen LogP contribution < -0.4 is 11.2 Å². The van der Waals surface area contributed by atoms with Crippen LogP contribution in [0.4, 0.5) is 0 Å². The molecule has 5 heteroatoms. The van der Waals surface area contributed by atoms with Crippen LogP contribution in [-0.4, -0.2) is 23.2 Å². The summed E-state index contributed by atoms with van der Waals surface area (Å²) < 4.78 is 0. The Hall–Kier alpha value is -1.07. The van der Waals surface area contributed by atoms with Gasteiger partial charge in [0.15, 0.2) is 0 Å². The summed E-state index contributed by atoms with van der Waals surface area (Å²) in [7, 11) is 0. The summed E-state index contributed by atoms with van der Waals surface area (Å²) >= 11 is 0. The fraction of sp³-hybridized carbons (Fsp3) is 0.812. The van der Waals surface area contributed by atoms with Crippen molar-refractivity contribution in [2.24, 2.45) is 17.7 Å². The zero-order valence-corrected chi connectivity index (χ0v) is 13.5. The Morgan fingerprint density at radius 3 is 2.86 bits per heavy atom. The predicted molar refractivity (Wildman–Crippen MR) is 83.0 cm³/mol. The second-order valence-electron chi connectivity index (χ2n) is 6.24. The van der Waals surface area contributed by atoms with E-state index in [2.05, 4.69) is 12.2 Å². The summed E-state index contributed by atoms with van der Waals surface area (Å²) in [5, 5.41) is 13.1. The van der Waals surface area contributed by atoms with Crippen molar-refractivity contribution in [3.05, 3.63) is 11.8 Å². The molecule has 1 aliphatic carbocycles. The monoisotopic (exact) mass is 298 g/mol. The van der Waals surface area contributed by atoms with Gasteiger partial charge in [0.05, 0.1) is 18.1 Å². The van der Waals surface area contributed by atoms with Gasteiger partial charge in [0.1, 0.15) is 5.76 Å². The molecule has 0 saturated heterocycles. The minimum atomic E-state index is -0.448. The Kier molecular flexibility index (Phi) is 7.75. The number of carbonyl (C=O) groups excluding carboxylic acids is 1. The van der Waals surface area contributed by atoms with E-state index in [-0.39, 0.29) is 17.9 Å². The second-order valence-corrected chi connectivity index (χ2v) is 6.24. The van der Waals surface area contributed by atoms with Crippen molar-refractivity contribution < 1.29 is 14.7 Å². The van der Waals surface area contributed by atoms with Gasteiger partial charge in [-0.25, -0.2) is 0 Å². The van der Waals surface area contributed by atoms with E-state index in [0.29, 0.717) is 11.7 Å². The summed E-state index contributed by atoms with van der Waals surface area (Å²) in [5.41, 5.74) is 0. The molecule has 122 valence electrons. The average Bonchev–Trinajstić information content (AvgIpc) is 2.60. The van der Waals surface area contributed by atoms with Crippen LogP contribution in [0.2, 0.25) is 0 Å². The van der Waals surface area contributed by atoms with E-state index >= 15 is 0 Å². The zero-order valence-electron chi connectivity index (χ0n) is 13.5. The fourth-order valence-electron chi connectivity index (χ4n) is 2.84. The van der Waals surface area contributed by atoms with Gasteiger partial charge in [0.2, 0.25) is 5.91 Å². The predicted octanol–water partition coefficient (Wildman–Crippen LogP) is 2.25. The van der Waals surface area contributed by atoms with Gasteiger partial charge in [-0.3, -0.25) is 4.79 Å². The molecule has 2 unspecified atom stereocenters. The zero-order chi connectivity index (χ0) is 15.8. The third-order valence-corrected chi connectivity index (χ3v) is 4.14. The Morgan fingerprint density at radius 1 is 1.52 bits per heavy atom. The number of amides is 1. The van der Waals surface area contributed by atoms with E-state index in [4.69, 9.17) is 10.7 Å². The summed E-state index contributed by atoms with van der Waals surface area (Å²) in [5.74, 6) is 5.97. The lowest BCUT2D eigenvalue weighted by atomic mass is 9.98. The largest absolute Gasteiger partial charge is 0.416 e. The van der Waals surface area contributed by atoms with Crippen LogP contribution in [0.1, 0.15) is 59.3 Å². The Balaban J connectivity index is 2.61.